The molecule has 5 rings (SSSR count). The summed E-state index contributed by atoms with van der Waals surface area (Å²) in [6, 6.07) is 17.1. The van der Waals surface area contributed by atoms with E-state index in [4.69, 9.17) is 17.3 Å². The SMILES string of the molecule is Nc1nn(-c2nc(Nc3ccccc3Cl)nc3[nH]ccc23)c2ccccc12. The first-order chi connectivity index (χ1) is 13.2. The van der Waals surface area contributed by atoms with Gasteiger partial charge in [0, 0.05) is 11.6 Å². The molecule has 0 aliphatic heterocycles. The Morgan fingerprint density at radius 3 is 2.67 bits per heavy atom. The maximum absolute atomic E-state index is 6.25. The number of fused-ring (bicyclic) bond motifs is 2. The normalized spacial score (nSPS) is 11.3. The molecule has 2 aromatic carbocycles. The van der Waals surface area contributed by atoms with Crippen LogP contribution >= 0.6 is 11.6 Å². The highest BCUT2D eigenvalue weighted by atomic mass is 35.5. The van der Waals surface area contributed by atoms with Crippen LogP contribution in [0.15, 0.2) is 60.8 Å². The molecule has 0 saturated heterocycles. The number of aromatic amines is 1. The van der Waals surface area contributed by atoms with Gasteiger partial charge in [0.05, 0.1) is 21.6 Å². The van der Waals surface area contributed by atoms with Gasteiger partial charge < -0.3 is 16.0 Å². The lowest BCUT2D eigenvalue weighted by Gasteiger charge is -2.10. The van der Waals surface area contributed by atoms with Gasteiger partial charge in [0.2, 0.25) is 5.95 Å². The molecule has 0 saturated carbocycles. The van der Waals surface area contributed by atoms with Gasteiger partial charge in [-0.25, -0.2) is 4.68 Å². The number of nitrogens with one attached hydrogen (secondary N) is 2. The molecule has 132 valence electrons. The molecule has 0 amide bonds. The number of hydrogen-bond acceptors (Lipinski definition) is 5. The molecule has 0 bridgehead atoms. The third-order valence-corrected chi connectivity index (χ3v) is 4.66. The van der Waals surface area contributed by atoms with Crippen LogP contribution in [0.2, 0.25) is 5.02 Å². The minimum absolute atomic E-state index is 0.409. The molecule has 0 aliphatic rings. The minimum Gasteiger partial charge on any atom is -0.382 e. The second-order valence-corrected chi connectivity index (χ2v) is 6.44. The van der Waals surface area contributed by atoms with E-state index in [1.165, 1.54) is 0 Å². The fraction of sp³-hybridized carbons (Fsp3) is 0. The first kappa shape index (κ1) is 15.7. The molecule has 3 aromatic heterocycles. The average molecular weight is 376 g/mol. The number of H-pyrrole nitrogens is 1. The van der Waals surface area contributed by atoms with Gasteiger partial charge in [0.1, 0.15) is 5.65 Å². The van der Waals surface area contributed by atoms with Crippen LogP contribution in [-0.4, -0.2) is 24.7 Å². The van der Waals surface area contributed by atoms with Gasteiger partial charge in [-0.1, -0.05) is 35.9 Å². The van der Waals surface area contributed by atoms with E-state index in [2.05, 4.69) is 25.4 Å². The number of rotatable bonds is 3. The Kier molecular flexibility index (Phi) is 3.48. The fourth-order valence-corrected chi connectivity index (χ4v) is 3.26. The van der Waals surface area contributed by atoms with Crippen molar-refractivity contribution in [2.45, 2.75) is 0 Å². The van der Waals surface area contributed by atoms with Crippen LogP contribution in [-0.2, 0) is 0 Å². The number of halogens is 1. The standard InChI is InChI=1S/C19H14ClN7/c20-13-6-2-3-7-14(13)23-19-24-17-12(9-10-22-17)18(25-19)27-15-8-4-1-5-11(15)16(21)26-27/h1-10H,(H2,21,26)(H2,22,23,24,25). The lowest BCUT2D eigenvalue weighted by molar-refractivity contribution is 0.885. The second kappa shape index (κ2) is 6.00. The van der Waals surface area contributed by atoms with E-state index in [-0.39, 0.29) is 0 Å². The number of anilines is 3. The Morgan fingerprint density at radius 2 is 1.78 bits per heavy atom. The zero-order valence-electron chi connectivity index (χ0n) is 14.0. The predicted molar refractivity (Wildman–Crippen MR) is 108 cm³/mol. The molecule has 4 N–H and O–H groups in total. The summed E-state index contributed by atoms with van der Waals surface area (Å²) in [6.45, 7) is 0. The summed E-state index contributed by atoms with van der Waals surface area (Å²) in [6.07, 6.45) is 1.82. The van der Waals surface area contributed by atoms with Gasteiger partial charge in [-0.05, 0) is 30.3 Å². The van der Waals surface area contributed by atoms with Crippen molar-refractivity contribution < 1.29 is 0 Å². The van der Waals surface area contributed by atoms with Crippen molar-refractivity contribution in [3.05, 3.63) is 65.8 Å². The number of nitrogens with zero attached hydrogens (tertiary/aromatic N) is 4. The zero-order chi connectivity index (χ0) is 18.4. The van der Waals surface area contributed by atoms with Crippen molar-refractivity contribution in [2.75, 3.05) is 11.1 Å². The Hall–Kier alpha value is -3.58. The smallest absolute Gasteiger partial charge is 0.231 e. The zero-order valence-corrected chi connectivity index (χ0v) is 14.8. The molecule has 0 atom stereocenters. The fourth-order valence-electron chi connectivity index (χ4n) is 3.08. The molecule has 3 heterocycles. The third kappa shape index (κ3) is 2.56. The van der Waals surface area contributed by atoms with Gasteiger partial charge in [-0.2, -0.15) is 9.97 Å². The van der Waals surface area contributed by atoms with Gasteiger partial charge in [0.25, 0.3) is 0 Å². The molecule has 7 nitrogen and oxygen atoms in total. The second-order valence-electron chi connectivity index (χ2n) is 6.03. The Morgan fingerprint density at radius 1 is 0.963 bits per heavy atom. The van der Waals surface area contributed by atoms with Crippen molar-refractivity contribution >= 4 is 51.0 Å². The van der Waals surface area contributed by atoms with Crippen molar-refractivity contribution in [2.24, 2.45) is 0 Å². The van der Waals surface area contributed by atoms with Crippen molar-refractivity contribution in [1.82, 2.24) is 24.7 Å². The summed E-state index contributed by atoms with van der Waals surface area (Å²) in [5.41, 5.74) is 8.38. The van der Waals surface area contributed by atoms with E-state index in [0.29, 0.717) is 28.3 Å². The lowest BCUT2D eigenvalue weighted by atomic mass is 10.2. The number of hydrogen-bond donors (Lipinski definition) is 3. The Labute approximate surface area is 158 Å². The van der Waals surface area contributed by atoms with Gasteiger partial charge in [0.15, 0.2) is 11.6 Å². The topological polar surface area (TPSA) is 97.4 Å². The highest BCUT2D eigenvalue weighted by Gasteiger charge is 2.16. The highest BCUT2D eigenvalue weighted by Crippen LogP contribution is 2.29. The summed E-state index contributed by atoms with van der Waals surface area (Å²) in [5.74, 6) is 1.49. The van der Waals surface area contributed by atoms with Crippen LogP contribution in [0.1, 0.15) is 0 Å². The molecule has 27 heavy (non-hydrogen) atoms. The molecule has 0 unspecified atom stereocenters. The molecule has 0 aliphatic carbocycles. The average Bonchev–Trinajstić information content (AvgIpc) is 3.28. The largest absolute Gasteiger partial charge is 0.382 e. The summed E-state index contributed by atoms with van der Waals surface area (Å²) in [7, 11) is 0. The first-order valence-corrected chi connectivity index (χ1v) is 8.69. The van der Waals surface area contributed by atoms with E-state index in [1.54, 1.807) is 10.7 Å². The third-order valence-electron chi connectivity index (χ3n) is 4.33. The molecule has 0 spiro atoms. The Bertz CT molecular complexity index is 1290. The van der Waals surface area contributed by atoms with Crippen LogP contribution < -0.4 is 11.1 Å². The van der Waals surface area contributed by atoms with Gasteiger partial charge in [-0.3, -0.25) is 0 Å². The number of aromatic nitrogens is 5. The van der Waals surface area contributed by atoms with E-state index in [9.17, 15) is 0 Å². The monoisotopic (exact) mass is 375 g/mol. The van der Waals surface area contributed by atoms with Crippen LogP contribution in [0.25, 0.3) is 27.8 Å². The highest BCUT2D eigenvalue weighted by molar-refractivity contribution is 6.33. The lowest BCUT2D eigenvalue weighted by Crippen LogP contribution is -2.06. The minimum atomic E-state index is 0.409. The number of para-hydroxylation sites is 2. The van der Waals surface area contributed by atoms with Crippen LogP contribution in [0, 0.1) is 0 Å². The van der Waals surface area contributed by atoms with Crippen LogP contribution in [0.3, 0.4) is 0 Å². The molecular formula is C19H14ClN7. The van der Waals surface area contributed by atoms with Gasteiger partial charge in [-0.15, -0.1) is 5.10 Å². The van der Waals surface area contributed by atoms with Crippen LogP contribution in [0.4, 0.5) is 17.5 Å². The summed E-state index contributed by atoms with van der Waals surface area (Å²) in [5, 5.41) is 9.97. The van der Waals surface area contributed by atoms with Crippen molar-refractivity contribution in [3.8, 4) is 5.82 Å². The van der Waals surface area contributed by atoms with E-state index in [0.717, 1.165) is 22.0 Å². The predicted octanol–water partition coefficient (Wildman–Crippen LogP) is 4.28. The number of nitrogens with two attached hydrogens (primary N) is 1. The van der Waals surface area contributed by atoms with E-state index < -0.39 is 0 Å². The summed E-state index contributed by atoms with van der Waals surface area (Å²) in [4.78, 5) is 12.4. The van der Waals surface area contributed by atoms with Crippen molar-refractivity contribution in [3.63, 3.8) is 0 Å². The quantitative estimate of drug-likeness (QED) is 0.437. The summed E-state index contributed by atoms with van der Waals surface area (Å²) < 4.78 is 1.74. The van der Waals surface area contributed by atoms with E-state index >= 15 is 0 Å². The molecule has 8 heteroatoms. The number of benzene rings is 2. The molecule has 5 aromatic rings. The number of nitrogen functional groups attached to an aromatic ring is 1. The molecular weight excluding hydrogens is 362 g/mol. The molecule has 0 fully saturated rings. The van der Waals surface area contributed by atoms with E-state index in [1.807, 2.05) is 54.7 Å². The van der Waals surface area contributed by atoms with Crippen LogP contribution in [0.5, 0.6) is 0 Å². The van der Waals surface area contributed by atoms with Crippen molar-refractivity contribution in [1.29, 1.82) is 0 Å². The maximum Gasteiger partial charge on any atom is 0.231 e. The summed E-state index contributed by atoms with van der Waals surface area (Å²) >= 11 is 6.25. The molecule has 0 radical (unpaired) electrons. The maximum atomic E-state index is 6.25. The first-order valence-electron chi connectivity index (χ1n) is 8.31. The Balaban J connectivity index is 1.72. The van der Waals surface area contributed by atoms with Gasteiger partial charge >= 0.3 is 0 Å².